The van der Waals surface area contributed by atoms with E-state index in [0.717, 1.165) is 25.7 Å². The van der Waals surface area contributed by atoms with Crippen molar-refractivity contribution in [3.8, 4) is 0 Å². The average Bonchev–Trinajstić information content (AvgIpc) is 2.60. The van der Waals surface area contributed by atoms with Gasteiger partial charge in [0.1, 0.15) is 0 Å². The number of aryl methyl sites for hydroxylation is 1. The molecular weight excluding hydrogens is 314 g/mol. The standard InChI is InChI=1S/C20H31N3O2/c1-14-5-9-16(10-6-14)20(2,3)13-22-19(25)23-17-11-7-15(8-12-17)18(24)21-4/h5-6,9-10,15,17H,7-8,11-13H2,1-4H3,(H,21,24)(H2,22,23,25). The second-order valence-electron chi connectivity index (χ2n) is 7.74. The first kappa shape index (κ1) is 19.3. The van der Waals surface area contributed by atoms with Crippen LogP contribution < -0.4 is 16.0 Å². The van der Waals surface area contributed by atoms with Gasteiger partial charge in [-0.15, -0.1) is 0 Å². The highest BCUT2D eigenvalue weighted by atomic mass is 16.2. The molecule has 0 bridgehead atoms. The fourth-order valence-corrected chi connectivity index (χ4v) is 3.35. The van der Waals surface area contributed by atoms with Crippen LogP contribution in [0, 0.1) is 12.8 Å². The predicted octanol–water partition coefficient (Wildman–Crippen LogP) is 2.88. The Bertz CT molecular complexity index is 587. The Balaban J connectivity index is 1.77. The third-order valence-electron chi connectivity index (χ3n) is 5.20. The van der Waals surface area contributed by atoms with Crippen LogP contribution in [0.3, 0.4) is 0 Å². The van der Waals surface area contributed by atoms with Crippen LogP contribution >= 0.6 is 0 Å². The van der Waals surface area contributed by atoms with Crippen molar-refractivity contribution in [1.82, 2.24) is 16.0 Å². The third kappa shape index (κ3) is 5.48. The van der Waals surface area contributed by atoms with E-state index in [-0.39, 0.29) is 29.3 Å². The van der Waals surface area contributed by atoms with Gasteiger partial charge in [0.15, 0.2) is 0 Å². The molecule has 5 nitrogen and oxygen atoms in total. The first-order chi connectivity index (χ1) is 11.8. The van der Waals surface area contributed by atoms with E-state index < -0.39 is 0 Å². The van der Waals surface area contributed by atoms with Gasteiger partial charge in [-0.1, -0.05) is 43.7 Å². The SMILES string of the molecule is CNC(=O)C1CCC(NC(=O)NCC(C)(C)c2ccc(C)cc2)CC1. The number of hydrogen-bond donors (Lipinski definition) is 3. The van der Waals surface area contributed by atoms with Gasteiger partial charge in [-0.3, -0.25) is 4.79 Å². The van der Waals surface area contributed by atoms with Gasteiger partial charge in [0.25, 0.3) is 0 Å². The lowest BCUT2D eigenvalue weighted by atomic mass is 9.84. The molecule has 1 fully saturated rings. The van der Waals surface area contributed by atoms with Crippen LogP contribution in [0.25, 0.3) is 0 Å². The number of carbonyl (C=O) groups excluding carboxylic acids is 2. The number of hydrogen-bond acceptors (Lipinski definition) is 2. The Morgan fingerprint density at radius 2 is 1.68 bits per heavy atom. The van der Waals surface area contributed by atoms with Crippen molar-refractivity contribution in [1.29, 1.82) is 0 Å². The molecule has 1 aromatic rings. The highest BCUT2D eigenvalue weighted by Gasteiger charge is 2.27. The normalized spacial score (nSPS) is 20.6. The number of amides is 3. The smallest absolute Gasteiger partial charge is 0.315 e. The molecule has 1 saturated carbocycles. The first-order valence-corrected chi connectivity index (χ1v) is 9.15. The molecule has 0 spiro atoms. The summed E-state index contributed by atoms with van der Waals surface area (Å²) in [6, 6.07) is 8.47. The maximum atomic E-state index is 12.2. The fourth-order valence-electron chi connectivity index (χ4n) is 3.35. The highest BCUT2D eigenvalue weighted by Crippen LogP contribution is 2.25. The molecule has 1 aromatic carbocycles. The minimum absolute atomic E-state index is 0.0894. The number of carbonyl (C=O) groups is 2. The molecular formula is C20H31N3O2. The maximum absolute atomic E-state index is 12.2. The van der Waals surface area contributed by atoms with Crippen LogP contribution in [0.5, 0.6) is 0 Å². The number of nitrogens with one attached hydrogen (secondary N) is 3. The second kappa shape index (κ2) is 8.37. The molecule has 5 heteroatoms. The molecule has 0 atom stereocenters. The Kier molecular flexibility index (Phi) is 6.45. The zero-order valence-electron chi connectivity index (χ0n) is 15.8. The topological polar surface area (TPSA) is 70.2 Å². The summed E-state index contributed by atoms with van der Waals surface area (Å²) >= 11 is 0. The van der Waals surface area contributed by atoms with Crippen molar-refractivity contribution in [2.24, 2.45) is 5.92 Å². The lowest BCUT2D eigenvalue weighted by molar-refractivity contribution is -0.125. The lowest BCUT2D eigenvalue weighted by Gasteiger charge is -2.29. The maximum Gasteiger partial charge on any atom is 0.315 e. The summed E-state index contributed by atoms with van der Waals surface area (Å²) in [5.41, 5.74) is 2.32. The van der Waals surface area contributed by atoms with Crippen LogP contribution in [0.15, 0.2) is 24.3 Å². The molecule has 0 aromatic heterocycles. The summed E-state index contributed by atoms with van der Waals surface area (Å²) in [6.07, 6.45) is 3.37. The van der Waals surface area contributed by atoms with Gasteiger partial charge in [-0.2, -0.15) is 0 Å². The van der Waals surface area contributed by atoms with E-state index in [1.54, 1.807) is 7.05 Å². The van der Waals surface area contributed by atoms with Crippen molar-refractivity contribution in [2.45, 2.75) is 57.9 Å². The summed E-state index contributed by atoms with van der Waals surface area (Å²) in [6.45, 7) is 6.91. The summed E-state index contributed by atoms with van der Waals surface area (Å²) in [7, 11) is 1.68. The number of rotatable bonds is 5. The minimum Gasteiger partial charge on any atom is -0.359 e. The molecule has 3 N–H and O–H groups in total. The highest BCUT2D eigenvalue weighted by molar-refractivity contribution is 5.78. The quantitative estimate of drug-likeness (QED) is 0.768. The minimum atomic E-state index is -0.123. The number of urea groups is 1. The summed E-state index contributed by atoms with van der Waals surface area (Å²) in [5.74, 6) is 0.203. The molecule has 0 heterocycles. The van der Waals surface area contributed by atoms with Crippen LogP contribution in [-0.4, -0.2) is 31.6 Å². The van der Waals surface area contributed by atoms with E-state index in [1.165, 1.54) is 11.1 Å². The molecule has 0 unspecified atom stereocenters. The van der Waals surface area contributed by atoms with Crippen molar-refractivity contribution in [2.75, 3.05) is 13.6 Å². The summed E-state index contributed by atoms with van der Waals surface area (Å²) in [4.78, 5) is 23.9. The van der Waals surface area contributed by atoms with E-state index in [0.29, 0.717) is 6.54 Å². The van der Waals surface area contributed by atoms with Crippen molar-refractivity contribution >= 4 is 11.9 Å². The molecule has 0 aliphatic heterocycles. The van der Waals surface area contributed by atoms with Crippen LogP contribution in [-0.2, 0) is 10.2 Å². The fraction of sp³-hybridized carbons (Fsp3) is 0.600. The van der Waals surface area contributed by atoms with Crippen LogP contribution in [0.1, 0.15) is 50.7 Å². The Morgan fingerprint density at radius 1 is 1.08 bits per heavy atom. The molecule has 3 amide bonds. The van der Waals surface area contributed by atoms with Gasteiger partial charge < -0.3 is 16.0 Å². The van der Waals surface area contributed by atoms with Crippen molar-refractivity contribution in [3.05, 3.63) is 35.4 Å². The van der Waals surface area contributed by atoms with E-state index >= 15 is 0 Å². The predicted molar refractivity (Wildman–Crippen MR) is 101 cm³/mol. The average molecular weight is 345 g/mol. The monoisotopic (exact) mass is 345 g/mol. The van der Waals surface area contributed by atoms with Crippen molar-refractivity contribution in [3.63, 3.8) is 0 Å². The first-order valence-electron chi connectivity index (χ1n) is 9.15. The molecule has 1 aliphatic rings. The molecule has 25 heavy (non-hydrogen) atoms. The van der Waals surface area contributed by atoms with Gasteiger partial charge in [0.05, 0.1) is 0 Å². The van der Waals surface area contributed by atoms with E-state index in [4.69, 9.17) is 0 Å². The van der Waals surface area contributed by atoms with E-state index in [1.807, 2.05) is 0 Å². The Morgan fingerprint density at radius 3 is 2.24 bits per heavy atom. The van der Waals surface area contributed by atoms with Crippen LogP contribution in [0.4, 0.5) is 4.79 Å². The zero-order valence-corrected chi connectivity index (χ0v) is 15.8. The van der Waals surface area contributed by atoms with Gasteiger partial charge in [0, 0.05) is 31.0 Å². The zero-order chi connectivity index (χ0) is 18.4. The Labute approximate surface area is 151 Å². The molecule has 138 valence electrons. The molecule has 0 saturated heterocycles. The second-order valence-corrected chi connectivity index (χ2v) is 7.74. The van der Waals surface area contributed by atoms with Crippen molar-refractivity contribution < 1.29 is 9.59 Å². The van der Waals surface area contributed by atoms with Gasteiger partial charge in [-0.25, -0.2) is 4.79 Å². The molecule has 0 radical (unpaired) electrons. The number of benzene rings is 1. The largest absolute Gasteiger partial charge is 0.359 e. The molecule has 2 rings (SSSR count). The van der Waals surface area contributed by atoms with E-state index in [2.05, 4.69) is 61.0 Å². The molecule has 1 aliphatic carbocycles. The third-order valence-corrected chi connectivity index (χ3v) is 5.20. The van der Waals surface area contributed by atoms with Crippen LogP contribution in [0.2, 0.25) is 0 Å². The van der Waals surface area contributed by atoms with Gasteiger partial charge in [0.2, 0.25) is 5.91 Å². The Hall–Kier alpha value is -2.04. The summed E-state index contributed by atoms with van der Waals surface area (Å²) < 4.78 is 0. The lowest BCUT2D eigenvalue weighted by Crippen LogP contribution is -2.47. The van der Waals surface area contributed by atoms with E-state index in [9.17, 15) is 9.59 Å². The summed E-state index contributed by atoms with van der Waals surface area (Å²) in [5, 5.41) is 8.75. The van der Waals surface area contributed by atoms with Gasteiger partial charge >= 0.3 is 6.03 Å². The van der Waals surface area contributed by atoms with Gasteiger partial charge in [-0.05, 0) is 38.2 Å².